The topological polar surface area (TPSA) is 105 Å². The number of piperidine rings is 1. The van der Waals surface area contributed by atoms with E-state index in [4.69, 9.17) is 9.47 Å². The molecule has 2 aromatic rings. The van der Waals surface area contributed by atoms with Gasteiger partial charge in [-0.25, -0.2) is 0 Å². The van der Waals surface area contributed by atoms with Gasteiger partial charge in [0.25, 0.3) is 17.7 Å². The van der Waals surface area contributed by atoms with Crippen LogP contribution in [0.25, 0.3) is 0 Å². The molecule has 2 aliphatic rings. The fourth-order valence-corrected chi connectivity index (χ4v) is 4.33. The number of methoxy groups -OCH3 is 2. The summed E-state index contributed by atoms with van der Waals surface area (Å²) >= 11 is 0. The molecule has 0 spiro atoms. The lowest BCUT2D eigenvalue weighted by atomic mass is 10.0. The van der Waals surface area contributed by atoms with Crippen LogP contribution in [0.15, 0.2) is 42.5 Å². The molecular formula is C25H27N3O6. The number of benzene rings is 2. The fourth-order valence-electron chi connectivity index (χ4n) is 4.33. The molecule has 4 amide bonds. The Morgan fingerprint density at radius 1 is 0.941 bits per heavy atom. The van der Waals surface area contributed by atoms with E-state index in [1.165, 1.54) is 14.2 Å². The van der Waals surface area contributed by atoms with Crippen LogP contribution >= 0.6 is 0 Å². The number of likely N-dealkylation sites (tertiary alicyclic amines) is 1. The second-order valence-electron chi connectivity index (χ2n) is 8.26. The zero-order valence-electron chi connectivity index (χ0n) is 19.2. The molecule has 0 saturated carbocycles. The van der Waals surface area contributed by atoms with Crippen LogP contribution in [-0.2, 0) is 4.79 Å². The second-order valence-corrected chi connectivity index (χ2v) is 8.26. The molecule has 0 aliphatic carbocycles. The van der Waals surface area contributed by atoms with Gasteiger partial charge in [-0.1, -0.05) is 12.1 Å². The van der Waals surface area contributed by atoms with Crippen LogP contribution < -0.4 is 14.8 Å². The monoisotopic (exact) mass is 465 g/mol. The van der Waals surface area contributed by atoms with Crippen LogP contribution in [0.2, 0.25) is 0 Å². The van der Waals surface area contributed by atoms with Crippen LogP contribution in [0.3, 0.4) is 0 Å². The molecule has 2 aromatic carbocycles. The number of imide groups is 1. The third-order valence-electron chi connectivity index (χ3n) is 6.26. The quantitative estimate of drug-likeness (QED) is 0.628. The van der Waals surface area contributed by atoms with Gasteiger partial charge in [0.15, 0.2) is 11.5 Å². The highest BCUT2D eigenvalue weighted by atomic mass is 16.5. The van der Waals surface area contributed by atoms with Crippen LogP contribution in [0.1, 0.15) is 50.3 Å². The molecule has 1 saturated heterocycles. The minimum Gasteiger partial charge on any atom is -0.493 e. The molecule has 34 heavy (non-hydrogen) atoms. The Labute approximate surface area is 197 Å². The van der Waals surface area contributed by atoms with Gasteiger partial charge >= 0.3 is 0 Å². The summed E-state index contributed by atoms with van der Waals surface area (Å²) in [6.07, 6.45) is 1.32. The Bertz CT molecular complexity index is 1090. The number of carbonyl (C=O) groups is 4. The van der Waals surface area contributed by atoms with Gasteiger partial charge in [-0.05, 0) is 43.2 Å². The van der Waals surface area contributed by atoms with Gasteiger partial charge in [0.05, 0.1) is 25.3 Å². The van der Waals surface area contributed by atoms with E-state index in [2.05, 4.69) is 5.32 Å². The van der Waals surface area contributed by atoms with Crippen molar-refractivity contribution in [1.82, 2.24) is 15.1 Å². The highest BCUT2D eigenvalue weighted by Gasteiger charge is 2.35. The molecule has 0 unspecified atom stereocenters. The number of ether oxygens (including phenoxy) is 2. The Balaban J connectivity index is 1.25. The smallest absolute Gasteiger partial charge is 0.261 e. The van der Waals surface area contributed by atoms with Crippen molar-refractivity contribution in [3.63, 3.8) is 0 Å². The Hall–Kier alpha value is -3.88. The first-order valence-electron chi connectivity index (χ1n) is 11.2. The van der Waals surface area contributed by atoms with Gasteiger partial charge in [0.2, 0.25) is 5.91 Å². The Morgan fingerprint density at radius 3 is 2.15 bits per heavy atom. The molecule has 9 heteroatoms. The summed E-state index contributed by atoms with van der Waals surface area (Å²) < 4.78 is 10.5. The van der Waals surface area contributed by atoms with Crippen molar-refractivity contribution in [3.05, 3.63) is 59.2 Å². The van der Waals surface area contributed by atoms with Crippen molar-refractivity contribution in [3.8, 4) is 11.5 Å². The number of carbonyl (C=O) groups excluding carboxylic acids is 4. The van der Waals surface area contributed by atoms with Gasteiger partial charge in [-0.15, -0.1) is 0 Å². The molecule has 9 nitrogen and oxygen atoms in total. The lowest BCUT2D eigenvalue weighted by Gasteiger charge is -2.32. The molecule has 2 aliphatic heterocycles. The number of rotatable bonds is 7. The molecule has 1 N–H and O–H groups in total. The van der Waals surface area contributed by atoms with Crippen LogP contribution in [-0.4, -0.2) is 73.3 Å². The number of amides is 4. The van der Waals surface area contributed by atoms with E-state index in [0.717, 1.165) is 4.90 Å². The predicted molar refractivity (Wildman–Crippen MR) is 123 cm³/mol. The molecule has 0 aromatic heterocycles. The molecule has 4 rings (SSSR count). The van der Waals surface area contributed by atoms with Gasteiger partial charge in [0.1, 0.15) is 0 Å². The third-order valence-corrected chi connectivity index (χ3v) is 6.26. The van der Waals surface area contributed by atoms with Crippen molar-refractivity contribution in [1.29, 1.82) is 0 Å². The summed E-state index contributed by atoms with van der Waals surface area (Å²) in [6, 6.07) is 11.6. The van der Waals surface area contributed by atoms with E-state index in [-0.39, 0.29) is 42.6 Å². The van der Waals surface area contributed by atoms with Crippen LogP contribution in [0.4, 0.5) is 0 Å². The average molecular weight is 466 g/mol. The van der Waals surface area contributed by atoms with Gasteiger partial charge in [-0.2, -0.15) is 0 Å². The molecule has 178 valence electrons. The first-order valence-corrected chi connectivity index (χ1v) is 11.2. The Kier molecular flexibility index (Phi) is 6.81. The van der Waals surface area contributed by atoms with E-state index in [1.807, 2.05) is 0 Å². The number of nitrogens with zero attached hydrogens (tertiary/aromatic N) is 2. The van der Waals surface area contributed by atoms with Crippen molar-refractivity contribution >= 4 is 23.6 Å². The Morgan fingerprint density at radius 2 is 1.56 bits per heavy atom. The molecule has 2 heterocycles. The summed E-state index contributed by atoms with van der Waals surface area (Å²) in [5.74, 6) is -0.00625. The lowest BCUT2D eigenvalue weighted by Crippen LogP contribution is -2.47. The zero-order valence-corrected chi connectivity index (χ0v) is 19.2. The fraction of sp³-hybridized carbons (Fsp3) is 0.360. The van der Waals surface area contributed by atoms with E-state index in [1.54, 1.807) is 47.4 Å². The highest BCUT2D eigenvalue weighted by Crippen LogP contribution is 2.28. The normalized spacial score (nSPS) is 15.8. The minimum atomic E-state index is -0.356. The van der Waals surface area contributed by atoms with Crippen molar-refractivity contribution in [2.45, 2.75) is 25.3 Å². The van der Waals surface area contributed by atoms with Crippen LogP contribution in [0.5, 0.6) is 11.5 Å². The molecule has 1 fully saturated rings. The van der Waals surface area contributed by atoms with Gasteiger partial charge < -0.3 is 19.7 Å². The highest BCUT2D eigenvalue weighted by molar-refractivity contribution is 6.21. The number of hydrogen-bond acceptors (Lipinski definition) is 6. The van der Waals surface area contributed by atoms with Crippen LogP contribution in [0, 0.1) is 0 Å². The van der Waals surface area contributed by atoms with E-state index >= 15 is 0 Å². The SMILES string of the molecule is COc1ccc(C(=O)NC2CCN(C(=O)CCN3C(=O)c4ccccc4C3=O)CC2)cc1OC. The first-order chi connectivity index (χ1) is 16.4. The second kappa shape index (κ2) is 9.94. The summed E-state index contributed by atoms with van der Waals surface area (Å²) in [4.78, 5) is 53.1. The standard InChI is InChI=1S/C25H27N3O6/c1-33-20-8-7-16(15-21(20)34-2)23(30)26-17-9-12-27(13-10-17)22(29)11-14-28-24(31)18-5-3-4-6-19(18)25(28)32/h3-8,15,17H,9-14H2,1-2H3,(H,26,30). The minimum absolute atomic E-state index is 0.0547. The lowest BCUT2D eigenvalue weighted by molar-refractivity contribution is -0.132. The summed E-state index contributed by atoms with van der Waals surface area (Å²) in [5.41, 5.74) is 1.23. The first kappa shape index (κ1) is 23.3. The zero-order chi connectivity index (χ0) is 24.2. The third kappa shape index (κ3) is 4.59. The molecule has 0 atom stereocenters. The number of nitrogens with one attached hydrogen (secondary N) is 1. The van der Waals surface area contributed by atoms with Crippen molar-refractivity contribution in [2.75, 3.05) is 33.9 Å². The predicted octanol–water partition coefficient (Wildman–Crippen LogP) is 2.11. The van der Waals surface area contributed by atoms with Crippen molar-refractivity contribution < 1.29 is 28.7 Å². The summed E-state index contributed by atoms with van der Waals surface area (Å²) in [5, 5.41) is 3.01. The van der Waals surface area contributed by atoms with Gasteiger partial charge in [-0.3, -0.25) is 24.1 Å². The summed E-state index contributed by atoms with van der Waals surface area (Å²) in [7, 11) is 3.05. The number of fused-ring (bicyclic) bond motifs is 1. The van der Waals surface area contributed by atoms with E-state index < -0.39 is 0 Å². The maximum Gasteiger partial charge on any atom is 0.261 e. The maximum absolute atomic E-state index is 12.7. The van der Waals surface area contributed by atoms with E-state index in [9.17, 15) is 19.2 Å². The molecule has 0 bridgehead atoms. The van der Waals surface area contributed by atoms with Gasteiger partial charge in [0, 0.05) is 37.7 Å². The molecule has 0 radical (unpaired) electrons. The molecular weight excluding hydrogens is 438 g/mol. The van der Waals surface area contributed by atoms with E-state index in [0.29, 0.717) is 54.1 Å². The summed E-state index contributed by atoms with van der Waals surface area (Å²) in [6.45, 7) is 1.05. The average Bonchev–Trinajstić information content (AvgIpc) is 3.11. The maximum atomic E-state index is 12.7. The van der Waals surface area contributed by atoms with Crippen molar-refractivity contribution in [2.24, 2.45) is 0 Å². The number of hydrogen-bond donors (Lipinski definition) is 1. The largest absolute Gasteiger partial charge is 0.493 e.